The van der Waals surface area contributed by atoms with Crippen LogP contribution in [0.4, 0.5) is 0 Å². The van der Waals surface area contributed by atoms with Gasteiger partial charge in [0.05, 0.1) is 12.2 Å². The average Bonchev–Trinajstić information content (AvgIpc) is 2.34. The molecule has 0 aromatic heterocycles. The fourth-order valence-electron chi connectivity index (χ4n) is 3.54. The zero-order chi connectivity index (χ0) is 14.8. The van der Waals surface area contributed by atoms with E-state index in [1.165, 1.54) is 12.0 Å². The van der Waals surface area contributed by atoms with E-state index in [-0.39, 0.29) is 6.10 Å². The third kappa shape index (κ3) is 4.31. The van der Waals surface area contributed by atoms with E-state index in [1.807, 2.05) is 0 Å². The molecule has 3 atom stereocenters. The van der Waals surface area contributed by atoms with Crippen LogP contribution >= 0.6 is 15.9 Å². The van der Waals surface area contributed by atoms with Crippen LogP contribution < -0.4 is 5.73 Å². The highest BCUT2D eigenvalue weighted by Crippen LogP contribution is 2.41. The third-order valence-corrected chi connectivity index (χ3v) is 4.69. The van der Waals surface area contributed by atoms with Crippen molar-refractivity contribution in [1.82, 2.24) is 0 Å². The van der Waals surface area contributed by atoms with Crippen molar-refractivity contribution in [1.29, 1.82) is 0 Å². The zero-order valence-electron chi connectivity index (χ0n) is 12.7. The molecule has 1 aliphatic rings. The Kier molecular flexibility index (Phi) is 5.27. The topological polar surface area (TPSA) is 35.2 Å². The van der Waals surface area contributed by atoms with Crippen LogP contribution in [-0.2, 0) is 4.74 Å². The number of nitrogens with two attached hydrogens (primary N) is 1. The smallest absolute Gasteiger partial charge is 0.0950 e. The molecule has 1 aromatic carbocycles. The Morgan fingerprint density at radius 3 is 2.50 bits per heavy atom. The second-order valence-electron chi connectivity index (χ2n) is 6.95. The molecular weight excluding hydrogens is 314 g/mol. The average molecular weight is 340 g/mol. The molecule has 0 saturated heterocycles. The number of hydrogen-bond donors (Lipinski definition) is 1. The quantitative estimate of drug-likeness (QED) is 0.864. The lowest BCUT2D eigenvalue weighted by Crippen LogP contribution is -2.34. The Labute approximate surface area is 131 Å². The first kappa shape index (κ1) is 16.0. The standard InChI is InChI=1S/C17H26BrNO/c1-12-8-15(10-17(2,3)9-12)20-16(11-19)13-4-6-14(18)7-5-13/h4-7,12,15-16H,8-11,19H2,1-3H3. The molecule has 1 saturated carbocycles. The summed E-state index contributed by atoms with van der Waals surface area (Å²) in [5, 5.41) is 0. The minimum absolute atomic E-state index is 0.00852. The van der Waals surface area contributed by atoms with Crippen LogP contribution in [0.1, 0.15) is 51.7 Å². The summed E-state index contributed by atoms with van der Waals surface area (Å²) in [5.41, 5.74) is 7.47. The molecule has 112 valence electrons. The summed E-state index contributed by atoms with van der Waals surface area (Å²) >= 11 is 3.47. The first-order chi connectivity index (χ1) is 9.39. The van der Waals surface area contributed by atoms with Crippen LogP contribution in [0, 0.1) is 11.3 Å². The van der Waals surface area contributed by atoms with E-state index in [0.29, 0.717) is 18.1 Å². The first-order valence-corrected chi connectivity index (χ1v) is 8.30. The van der Waals surface area contributed by atoms with Crippen molar-refractivity contribution < 1.29 is 4.74 Å². The minimum Gasteiger partial charge on any atom is -0.369 e. The van der Waals surface area contributed by atoms with Crippen LogP contribution in [0.15, 0.2) is 28.7 Å². The van der Waals surface area contributed by atoms with Gasteiger partial charge < -0.3 is 10.5 Å². The lowest BCUT2D eigenvalue weighted by Gasteiger charge is -2.40. The van der Waals surface area contributed by atoms with E-state index in [1.54, 1.807) is 0 Å². The van der Waals surface area contributed by atoms with Gasteiger partial charge in [0.25, 0.3) is 0 Å². The molecule has 20 heavy (non-hydrogen) atoms. The van der Waals surface area contributed by atoms with Crippen LogP contribution in [0.25, 0.3) is 0 Å². The van der Waals surface area contributed by atoms with Crippen molar-refractivity contribution in [3.63, 3.8) is 0 Å². The Morgan fingerprint density at radius 2 is 1.95 bits per heavy atom. The predicted octanol–water partition coefficient (Wildman–Crippen LogP) is 4.68. The van der Waals surface area contributed by atoms with Crippen molar-refractivity contribution in [2.45, 2.75) is 52.2 Å². The molecule has 1 fully saturated rings. The van der Waals surface area contributed by atoms with Gasteiger partial charge in [0.1, 0.15) is 0 Å². The maximum absolute atomic E-state index is 6.33. The molecule has 0 bridgehead atoms. The van der Waals surface area contributed by atoms with Crippen LogP contribution in [0.2, 0.25) is 0 Å². The van der Waals surface area contributed by atoms with E-state index in [0.717, 1.165) is 23.2 Å². The van der Waals surface area contributed by atoms with Gasteiger partial charge in [0.15, 0.2) is 0 Å². The molecular formula is C17H26BrNO. The number of benzene rings is 1. The van der Waals surface area contributed by atoms with Gasteiger partial charge in [0.2, 0.25) is 0 Å². The fraction of sp³-hybridized carbons (Fsp3) is 0.647. The van der Waals surface area contributed by atoms with Gasteiger partial charge in [-0.2, -0.15) is 0 Å². The number of halogens is 1. The lowest BCUT2D eigenvalue weighted by molar-refractivity contribution is -0.0635. The predicted molar refractivity (Wildman–Crippen MR) is 87.6 cm³/mol. The Balaban J connectivity index is 2.04. The summed E-state index contributed by atoms with van der Waals surface area (Å²) in [6, 6.07) is 8.29. The molecule has 1 aliphatic carbocycles. The van der Waals surface area contributed by atoms with Gasteiger partial charge in [0, 0.05) is 11.0 Å². The molecule has 0 heterocycles. The molecule has 3 unspecified atom stereocenters. The van der Waals surface area contributed by atoms with Gasteiger partial charge in [-0.1, -0.05) is 48.8 Å². The monoisotopic (exact) mass is 339 g/mol. The molecule has 2 rings (SSSR count). The highest BCUT2D eigenvalue weighted by molar-refractivity contribution is 9.10. The molecule has 0 radical (unpaired) electrons. The largest absolute Gasteiger partial charge is 0.369 e. The summed E-state index contributed by atoms with van der Waals surface area (Å²) in [6.07, 6.45) is 3.90. The van der Waals surface area contributed by atoms with E-state index in [4.69, 9.17) is 10.5 Å². The normalized spacial score (nSPS) is 27.2. The summed E-state index contributed by atoms with van der Waals surface area (Å²) in [7, 11) is 0. The fourth-order valence-corrected chi connectivity index (χ4v) is 3.81. The Hall–Kier alpha value is -0.380. The van der Waals surface area contributed by atoms with Crippen LogP contribution in [-0.4, -0.2) is 12.6 Å². The molecule has 2 nitrogen and oxygen atoms in total. The SMILES string of the molecule is CC1CC(OC(CN)c2ccc(Br)cc2)CC(C)(C)C1. The molecule has 0 spiro atoms. The highest BCUT2D eigenvalue weighted by atomic mass is 79.9. The Bertz CT molecular complexity index is 429. The second-order valence-corrected chi connectivity index (χ2v) is 7.86. The molecule has 1 aromatic rings. The van der Waals surface area contributed by atoms with Gasteiger partial charge in [-0.25, -0.2) is 0 Å². The molecule has 0 amide bonds. The number of ether oxygens (including phenoxy) is 1. The maximum Gasteiger partial charge on any atom is 0.0950 e. The second kappa shape index (κ2) is 6.59. The maximum atomic E-state index is 6.33. The van der Waals surface area contributed by atoms with Gasteiger partial charge >= 0.3 is 0 Å². The van der Waals surface area contributed by atoms with E-state index in [2.05, 4.69) is 61.0 Å². The van der Waals surface area contributed by atoms with Crippen molar-refractivity contribution in [3.05, 3.63) is 34.3 Å². The van der Waals surface area contributed by atoms with Gasteiger partial charge in [-0.3, -0.25) is 0 Å². The van der Waals surface area contributed by atoms with E-state index in [9.17, 15) is 0 Å². The van der Waals surface area contributed by atoms with Gasteiger partial charge in [-0.05, 0) is 48.3 Å². The van der Waals surface area contributed by atoms with Crippen molar-refractivity contribution in [2.75, 3.05) is 6.54 Å². The van der Waals surface area contributed by atoms with Crippen molar-refractivity contribution in [2.24, 2.45) is 17.1 Å². The summed E-state index contributed by atoms with van der Waals surface area (Å²) in [5.74, 6) is 0.729. The third-order valence-electron chi connectivity index (χ3n) is 4.16. The van der Waals surface area contributed by atoms with Crippen LogP contribution in [0.5, 0.6) is 0 Å². The van der Waals surface area contributed by atoms with E-state index >= 15 is 0 Å². The lowest BCUT2D eigenvalue weighted by atomic mass is 9.71. The van der Waals surface area contributed by atoms with E-state index < -0.39 is 0 Å². The molecule has 2 N–H and O–H groups in total. The summed E-state index contributed by atoms with van der Waals surface area (Å²) < 4.78 is 7.42. The van der Waals surface area contributed by atoms with Gasteiger partial charge in [-0.15, -0.1) is 0 Å². The minimum atomic E-state index is 0.00852. The van der Waals surface area contributed by atoms with Crippen LogP contribution in [0.3, 0.4) is 0 Å². The highest BCUT2D eigenvalue weighted by Gasteiger charge is 2.33. The number of hydrogen-bond acceptors (Lipinski definition) is 2. The zero-order valence-corrected chi connectivity index (χ0v) is 14.3. The molecule has 0 aliphatic heterocycles. The van der Waals surface area contributed by atoms with Crippen molar-refractivity contribution >= 4 is 15.9 Å². The first-order valence-electron chi connectivity index (χ1n) is 7.50. The molecule has 3 heteroatoms. The summed E-state index contributed by atoms with van der Waals surface area (Å²) in [6.45, 7) is 7.55. The van der Waals surface area contributed by atoms with Crippen molar-refractivity contribution in [3.8, 4) is 0 Å². The summed E-state index contributed by atoms with van der Waals surface area (Å²) in [4.78, 5) is 0. The number of rotatable bonds is 4. The Morgan fingerprint density at radius 1 is 1.30 bits per heavy atom.